The van der Waals surface area contributed by atoms with E-state index in [9.17, 15) is 25.5 Å². The Bertz CT molecular complexity index is 639. The standard InChI is InChI=1S/C14H17NO6/c16-5-8-10(17)11(18)12(19)13(21-8)9-6-3-1-2-4-7(6)15-14(9)20/h1-4,8,10-13,15-20H,5H2/t8-,10-,11+,12-,13?/m1/s1. The molecule has 3 rings (SSSR count). The first kappa shape index (κ1) is 14.3. The van der Waals surface area contributed by atoms with E-state index in [-0.39, 0.29) is 5.88 Å². The Balaban J connectivity index is 2.06. The van der Waals surface area contributed by atoms with Gasteiger partial charge in [0.1, 0.15) is 30.5 Å². The van der Waals surface area contributed by atoms with E-state index in [0.717, 1.165) is 0 Å². The molecule has 1 saturated heterocycles. The van der Waals surface area contributed by atoms with Gasteiger partial charge in [0.15, 0.2) is 5.88 Å². The largest absolute Gasteiger partial charge is 0.494 e. The number of aromatic nitrogens is 1. The monoisotopic (exact) mass is 295 g/mol. The van der Waals surface area contributed by atoms with Crippen LogP contribution < -0.4 is 0 Å². The van der Waals surface area contributed by atoms with E-state index in [2.05, 4.69) is 4.98 Å². The van der Waals surface area contributed by atoms with Crippen LogP contribution in [0.5, 0.6) is 5.88 Å². The van der Waals surface area contributed by atoms with Crippen LogP contribution in [-0.4, -0.2) is 61.5 Å². The highest BCUT2D eigenvalue weighted by Crippen LogP contribution is 2.40. The molecule has 2 aromatic rings. The minimum absolute atomic E-state index is 0.180. The van der Waals surface area contributed by atoms with Crippen molar-refractivity contribution in [3.63, 3.8) is 0 Å². The highest BCUT2D eigenvalue weighted by Gasteiger charge is 2.45. The summed E-state index contributed by atoms with van der Waals surface area (Å²) in [6, 6.07) is 7.04. The molecule has 21 heavy (non-hydrogen) atoms. The third-order valence-corrected chi connectivity index (χ3v) is 3.90. The number of aromatic amines is 1. The number of rotatable bonds is 2. The molecule has 7 nitrogen and oxygen atoms in total. The predicted molar refractivity (Wildman–Crippen MR) is 72.7 cm³/mol. The normalized spacial score (nSPS) is 33.4. The molecule has 0 bridgehead atoms. The summed E-state index contributed by atoms with van der Waals surface area (Å²) in [5.41, 5.74) is 0.949. The van der Waals surface area contributed by atoms with Crippen molar-refractivity contribution in [2.75, 3.05) is 6.61 Å². The number of aliphatic hydroxyl groups excluding tert-OH is 4. The van der Waals surface area contributed by atoms with E-state index in [0.29, 0.717) is 16.5 Å². The number of fused-ring (bicyclic) bond motifs is 1. The van der Waals surface area contributed by atoms with Gasteiger partial charge in [0.05, 0.1) is 12.2 Å². The topological polar surface area (TPSA) is 126 Å². The summed E-state index contributed by atoms with van der Waals surface area (Å²) in [5, 5.41) is 49.7. The molecule has 1 aromatic carbocycles. The molecule has 0 aliphatic carbocycles. The first-order chi connectivity index (χ1) is 10.0. The van der Waals surface area contributed by atoms with Crippen LogP contribution in [0.1, 0.15) is 11.7 Å². The lowest BCUT2D eigenvalue weighted by Gasteiger charge is -2.40. The Hall–Kier alpha value is -1.64. The molecular formula is C14H17NO6. The van der Waals surface area contributed by atoms with Gasteiger partial charge in [-0.2, -0.15) is 0 Å². The number of benzene rings is 1. The average molecular weight is 295 g/mol. The molecule has 6 N–H and O–H groups in total. The molecule has 5 atom stereocenters. The van der Waals surface area contributed by atoms with E-state index in [1.165, 1.54) is 0 Å². The smallest absolute Gasteiger partial charge is 0.195 e. The van der Waals surface area contributed by atoms with Crippen molar-refractivity contribution in [1.29, 1.82) is 0 Å². The lowest BCUT2D eigenvalue weighted by Crippen LogP contribution is -2.55. The van der Waals surface area contributed by atoms with Gasteiger partial charge in [-0.25, -0.2) is 0 Å². The van der Waals surface area contributed by atoms with E-state index in [4.69, 9.17) is 4.74 Å². The molecule has 1 fully saturated rings. The number of H-pyrrole nitrogens is 1. The quantitative estimate of drug-likeness (QED) is 0.439. The van der Waals surface area contributed by atoms with Crippen LogP contribution in [0.3, 0.4) is 0 Å². The number of hydrogen-bond acceptors (Lipinski definition) is 6. The van der Waals surface area contributed by atoms with Crippen LogP contribution in [0.15, 0.2) is 24.3 Å². The Morgan fingerprint density at radius 1 is 1.05 bits per heavy atom. The Morgan fingerprint density at radius 2 is 1.76 bits per heavy atom. The molecule has 0 amide bonds. The van der Waals surface area contributed by atoms with Crippen LogP contribution in [0.2, 0.25) is 0 Å². The third kappa shape index (κ3) is 2.19. The van der Waals surface area contributed by atoms with Crippen molar-refractivity contribution in [1.82, 2.24) is 4.98 Å². The Kier molecular flexibility index (Phi) is 3.60. The SMILES string of the molecule is OC[C@H]1OC(c2c(O)[nH]c3ccccc23)[C@H](O)[C@@H](O)[C@@H]1O. The number of hydrogen-bond donors (Lipinski definition) is 6. The molecule has 1 unspecified atom stereocenters. The lowest BCUT2D eigenvalue weighted by molar-refractivity contribution is -0.231. The van der Waals surface area contributed by atoms with Crippen LogP contribution in [0.4, 0.5) is 0 Å². The molecule has 1 aliphatic rings. The van der Waals surface area contributed by atoms with E-state index in [1.54, 1.807) is 24.3 Å². The van der Waals surface area contributed by atoms with Crippen LogP contribution in [0, 0.1) is 0 Å². The van der Waals surface area contributed by atoms with Crippen LogP contribution in [0.25, 0.3) is 10.9 Å². The molecule has 7 heteroatoms. The second kappa shape index (κ2) is 5.28. The summed E-state index contributed by atoms with van der Waals surface area (Å²) >= 11 is 0. The molecule has 2 heterocycles. The first-order valence-electron chi connectivity index (χ1n) is 6.64. The summed E-state index contributed by atoms with van der Waals surface area (Å²) in [4.78, 5) is 2.76. The van der Waals surface area contributed by atoms with E-state index >= 15 is 0 Å². The van der Waals surface area contributed by atoms with E-state index in [1.807, 2.05) is 0 Å². The zero-order valence-corrected chi connectivity index (χ0v) is 11.0. The van der Waals surface area contributed by atoms with Crippen molar-refractivity contribution in [3.05, 3.63) is 29.8 Å². The molecule has 0 radical (unpaired) electrons. The fraction of sp³-hybridized carbons (Fsp3) is 0.429. The fourth-order valence-electron chi connectivity index (χ4n) is 2.78. The van der Waals surface area contributed by atoms with E-state index < -0.39 is 37.1 Å². The van der Waals surface area contributed by atoms with Crippen molar-refractivity contribution in [2.45, 2.75) is 30.5 Å². The Morgan fingerprint density at radius 3 is 2.48 bits per heavy atom. The molecule has 1 aliphatic heterocycles. The fourth-order valence-corrected chi connectivity index (χ4v) is 2.78. The highest BCUT2D eigenvalue weighted by atomic mass is 16.5. The van der Waals surface area contributed by atoms with Crippen LogP contribution >= 0.6 is 0 Å². The number of para-hydroxylation sites is 1. The number of aliphatic hydroxyl groups is 4. The molecule has 114 valence electrons. The third-order valence-electron chi connectivity index (χ3n) is 3.90. The predicted octanol–water partition coefficient (Wildman–Crippen LogP) is -0.612. The molecule has 0 saturated carbocycles. The van der Waals surface area contributed by atoms with Gasteiger partial charge in [0.25, 0.3) is 0 Å². The number of ether oxygens (including phenoxy) is 1. The van der Waals surface area contributed by atoms with Crippen molar-refractivity contribution in [2.24, 2.45) is 0 Å². The van der Waals surface area contributed by atoms with Gasteiger partial charge in [0.2, 0.25) is 0 Å². The highest BCUT2D eigenvalue weighted by molar-refractivity contribution is 5.86. The van der Waals surface area contributed by atoms with Crippen molar-refractivity contribution in [3.8, 4) is 5.88 Å². The minimum atomic E-state index is -1.48. The Labute approximate surface area is 120 Å². The molecule has 1 aromatic heterocycles. The second-order valence-corrected chi connectivity index (χ2v) is 5.18. The maximum Gasteiger partial charge on any atom is 0.195 e. The number of nitrogens with one attached hydrogen (secondary N) is 1. The molecule has 0 spiro atoms. The van der Waals surface area contributed by atoms with Gasteiger partial charge >= 0.3 is 0 Å². The van der Waals surface area contributed by atoms with Gasteiger partial charge in [-0.05, 0) is 6.07 Å². The average Bonchev–Trinajstić information content (AvgIpc) is 2.81. The summed E-state index contributed by atoms with van der Waals surface area (Å²) in [6.45, 7) is -0.509. The number of aromatic hydroxyl groups is 1. The van der Waals surface area contributed by atoms with Gasteiger partial charge in [-0.3, -0.25) is 0 Å². The van der Waals surface area contributed by atoms with Gasteiger partial charge in [-0.15, -0.1) is 0 Å². The van der Waals surface area contributed by atoms with Crippen molar-refractivity contribution >= 4 is 10.9 Å². The molecular weight excluding hydrogens is 278 g/mol. The lowest BCUT2D eigenvalue weighted by atomic mass is 9.91. The summed E-state index contributed by atoms with van der Waals surface area (Å²) in [5.74, 6) is -0.180. The van der Waals surface area contributed by atoms with Crippen molar-refractivity contribution < 1.29 is 30.3 Å². The van der Waals surface area contributed by atoms with Gasteiger partial charge in [0, 0.05) is 10.9 Å². The van der Waals surface area contributed by atoms with Crippen LogP contribution in [-0.2, 0) is 4.74 Å². The zero-order valence-electron chi connectivity index (χ0n) is 11.0. The summed E-state index contributed by atoms with van der Waals surface area (Å²) < 4.78 is 5.47. The first-order valence-corrected chi connectivity index (χ1v) is 6.64. The summed E-state index contributed by atoms with van der Waals surface area (Å²) in [6.07, 6.45) is -6.39. The van der Waals surface area contributed by atoms with Gasteiger partial charge < -0.3 is 35.3 Å². The zero-order chi connectivity index (χ0) is 15.1. The maximum atomic E-state index is 10.1. The minimum Gasteiger partial charge on any atom is -0.494 e. The maximum absolute atomic E-state index is 10.1. The summed E-state index contributed by atoms with van der Waals surface area (Å²) in [7, 11) is 0. The second-order valence-electron chi connectivity index (χ2n) is 5.18. The van der Waals surface area contributed by atoms with Gasteiger partial charge in [-0.1, -0.05) is 18.2 Å².